The van der Waals surface area contributed by atoms with Gasteiger partial charge in [0.15, 0.2) is 5.69 Å². The maximum absolute atomic E-state index is 13.4. The van der Waals surface area contributed by atoms with E-state index in [4.69, 9.17) is 5.73 Å². The lowest BCUT2D eigenvalue weighted by Crippen LogP contribution is -2.18. The number of nitrogens with one attached hydrogen (secondary N) is 1. The highest BCUT2D eigenvalue weighted by Gasteiger charge is 2.36. The molecule has 0 bridgehead atoms. The molecule has 0 fully saturated rings. The summed E-state index contributed by atoms with van der Waals surface area (Å²) in [7, 11) is -2.11. The molecule has 0 saturated heterocycles. The summed E-state index contributed by atoms with van der Waals surface area (Å²) in [5.41, 5.74) is 7.19. The Morgan fingerprint density at radius 3 is 2.45 bits per heavy atom. The first kappa shape index (κ1) is 25.6. The monoisotopic (exact) mass is 541 g/mol. The Bertz CT molecular complexity index is 1650. The first-order valence-corrected chi connectivity index (χ1v) is 12.9. The smallest absolute Gasteiger partial charge is 0.326 e. The van der Waals surface area contributed by atoms with Gasteiger partial charge in [-0.3, -0.25) is 4.79 Å². The summed E-state index contributed by atoms with van der Waals surface area (Å²) in [5, 5.41) is 6.22. The molecule has 0 saturated carbocycles. The summed E-state index contributed by atoms with van der Waals surface area (Å²) in [6.07, 6.45) is -4.75. The number of hydrogen-bond acceptors (Lipinski definition) is 5. The standard InChI is InChI=1S/C26H22F3N5O3S/c1-33-15-18-5-3-7-21(24(18)38(33,36)37)17-8-10-19(11-9-17)31-25(35)22-13-23(26(27,28)29)32-34(22)20-6-2-4-16(12-20)14-30/h2-13H,14-15,30H2,1H3,(H,31,35). The molecule has 0 unspecified atom stereocenters. The van der Waals surface area contributed by atoms with Crippen LogP contribution in [0.4, 0.5) is 18.9 Å². The van der Waals surface area contributed by atoms with Crippen molar-refractivity contribution in [3.63, 3.8) is 0 Å². The molecule has 4 aromatic rings. The molecule has 3 aromatic carbocycles. The van der Waals surface area contributed by atoms with Crippen molar-refractivity contribution in [1.29, 1.82) is 0 Å². The van der Waals surface area contributed by atoms with Gasteiger partial charge in [0.1, 0.15) is 5.69 Å². The van der Waals surface area contributed by atoms with Crippen LogP contribution < -0.4 is 11.1 Å². The molecular formula is C26H22F3N5O3S. The van der Waals surface area contributed by atoms with Gasteiger partial charge in [0.05, 0.1) is 10.6 Å². The summed E-state index contributed by atoms with van der Waals surface area (Å²) in [6, 6.07) is 18.7. The average Bonchev–Trinajstić information content (AvgIpc) is 3.44. The summed E-state index contributed by atoms with van der Waals surface area (Å²) in [5.74, 6) is -0.802. The highest BCUT2D eigenvalue weighted by molar-refractivity contribution is 7.89. The van der Waals surface area contributed by atoms with E-state index in [9.17, 15) is 26.4 Å². The van der Waals surface area contributed by atoms with Crippen LogP contribution in [0.5, 0.6) is 0 Å². The van der Waals surface area contributed by atoms with Crippen LogP contribution >= 0.6 is 0 Å². The molecule has 0 aliphatic carbocycles. The van der Waals surface area contributed by atoms with E-state index in [-0.39, 0.29) is 29.4 Å². The van der Waals surface area contributed by atoms with E-state index >= 15 is 0 Å². The zero-order valence-corrected chi connectivity index (χ0v) is 20.8. The topological polar surface area (TPSA) is 110 Å². The van der Waals surface area contributed by atoms with E-state index in [1.165, 1.54) is 17.4 Å². The van der Waals surface area contributed by atoms with Crippen LogP contribution in [-0.4, -0.2) is 35.5 Å². The van der Waals surface area contributed by atoms with Gasteiger partial charge in [-0.1, -0.05) is 42.5 Å². The third-order valence-electron chi connectivity index (χ3n) is 6.23. The van der Waals surface area contributed by atoms with Gasteiger partial charge in [-0.05, 0) is 41.0 Å². The quantitative estimate of drug-likeness (QED) is 0.389. The Morgan fingerprint density at radius 2 is 1.76 bits per heavy atom. The van der Waals surface area contributed by atoms with E-state index in [2.05, 4.69) is 10.4 Å². The van der Waals surface area contributed by atoms with Crippen molar-refractivity contribution in [3.8, 4) is 16.8 Å². The summed E-state index contributed by atoms with van der Waals surface area (Å²) in [4.78, 5) is 13.3. The number of fused-ring (bicyclic) bond motifs is 1. The lowest BCUT2D eigenvalue weighted by molar-refractivity contribution is -0.141. The minimum atomic E-state index is -4.75. The second-order valence-corrected chi connectivity index (χ2v) is 10.8. The van der Waals surface area contributed by atoms with E-state index in [0.717, 1.165) is 4.68 Å². The molecule has 3 N–H and O–H groups in total. The van der Waals surface area contributed by atoms with E-state index in [1.54, 1.807) is 60.7 Å². The highest BCUT2D eigenvalue weighted by Crippen LogP contribution is 2.37. The van der Waals surface area contributed by atoms with Gasteiger partial charge >= 0.3 is 6.18 Å². The molecule has 0 radical (unpaired) electrons. The molecule has 0 spiro atoms. The maximum atomic E-state index is 13.4. The van der Waals surface area contributed by atoms with Crippen LogP contribution in [0.1, 0.15) is 27.3 Å². The Hall–Kier alpha value is -4.00. The number of carbonyl (C=O) groups is 1. The number of sulfonamides is 1. The maximum Gasteiger partial charge on any atom is 0.435 e. The van der Waals surface area contributed by atoms with Crippen LogP contribution in [0.15, 0.2) is 77.7 Å². The van der Waals surface area contributed by atoms with Gasteiger partial charge in [0, 0.05) is 37.5 Å². The zero-order valence-electron chi connectivity index (χ0n) is 20.0. The van der Waals surface area contributed by atoms with Crippen molar-refractivity contribution in [2.75, 3.05) is 12.4 Å². The Kier molecular flexibility index (Phi) is 6.33. The van der Waals surface area contributed by atoms with E-state index < -0.39 is 27.8 Å². The molecule has 1 amide bonds. The number of alkyl halides is 3. The third kappa shape index (κ3) is 4.57. The molecule has 38 heavy (non-hydrogen) atoms. The van der Waals surface area contributed by atoms with E-state index in [1.807, 2.05) is 0 Å². The molecule has 0 atom stereocenters. The molecule has 1 aliphatic rings. The molecule has 1 aromatic heterocycles. The first-order chi connectivity index (χ1) is 18.0. The highest BCUT2D eigenvalue weighted by atomic mass is 32.2. The van der Waals surface area contributed by atoms with Crippen LogP contribution in [0.25, 0.3) is 16.8 Å². The molecule has 5 rings (SSSR count). The van der Waals surface area contributed by atoms with Gasteiger partial charge in [-0.15, -0.1) is 0 Å². The van der Waals surface area contributed by atoms with Crippen molar-refractivity contribution in [1.82, 2.24) is 14.1 Å². The summed E-state index contributed by atoms with van der Waals surface area (Å²) >= 11 is 0. The zero-order chi connectivity index (χ0) is 27.2. The van der Waals surface area contributed by atoms with Crippen LogP contribution in [-0.2, 0) is 29.3 Å². The van der Waals surface area contributed by atoms with Gasteiger partial charge in [-0.2, -0.15) is 22.6 Å². The van der Waals surface area contributed by atoms with Crippen molar-refractivity contribution < 1.29 is 26.4 Å². The van der Waals surface area contributed by atoms with Crippen molar-refractivity contribution in [2.45, 2.75) is 24.2 Å². The number of amides is 1. The molecule has 8 nitrogen and oxygen atoms in total. The van der Waals surface area contributed by atoms with Crippen molar-refractivity contribution in [3.05, 3.63) is 95.3 Å². The molecule has 1 aliphatic heterocycles. The third-order valence-corrected chi connectivity index (χ3v) is 8.18. The minimum Gasteiger partial charge on any atom is -0.326 e. The number of anilines is 1. The minimum absolute atomic E-state index is 0.164. The second kappa shape index (κ2) is 9.39. The second-order valence-electron chi connectivity index (χ2n) is 8.78. The number of benzene rings is 3. The molecule has 196 valence electrons. The number of rotatable bonds is 5. The summed E-state index contributed by atoms with van der Waals surface area (Å²) in [6.45, 7) is 0.443. The Morgan fingerprint density at radius 1 is 1.05 bits per heavy atom. The number of nitrogens with two attached hydrogens (primary N) is 1. The fraction of sp³-hybridized carbons (Fsp3) is 0.154. The van der Waals surface area contributed by atoms with Gasteiger partial charge in [0.25, 0.3) is 5.91 Å². The SMILES string of the molecule is CN1Cc2cccc(-c3ccc(NC(=O)c4cc(C(F)(F)F)nn4-c4cccc(CN)c4)cc3)c2S1(=O)=O. The molecule has 12 heteroatoms. The molecule has 2 heterocycles. The number of hydrogen-bond donors (Lipinski definition) is 2. The number of carbonyl (C=O) groups excluding carboxylic acids is 1. The van der Waals surface area contributed by atoms with Gasteiger partial charge in [-0.25, -0.2) is 13.1 Å². The normalized spacial score (nSPS) is 14.9. The lowest BCUT2D eigenvalue weighted by atomic mass is 10.0. The Labute approximate surface area is 216 Å². The van der Waals surface area contributed by atoms with Crippen molar-refractivity contribution >= 4 is 21.6 Å². The summed E-state index contributed by atoms with van der Waals surface area (Å²) < 4.78 is 68.1. The van der Waals surface area contributed by atoms with E-state index in [0.29, 0.717) is 34.0 Å². The number of nitrogens with zero attached hydrogens (tertiary/aromatic N) is 3. The largest absolute Gasteiger partial charge is 0.435 e. The van der Waals surface area contributed by atoms with Crippen molar-refractivity contribution in [2.24, 2.45) is 5.73 Å². The van der Waals surface area contributed by atoms with Crippen LogP contribution in [0.3, 0.4) is 0 Å². The van der Waals surface area contributed by atoms with Gasteiger partial charge in [0.2, 0.25) is 10.0 Å². The van der Waals surface area contributed by atoms with Crippen LogP contribution in [0, 0.1) is 0 Å². The molecular weight excluding hydrogens is 519 g/mol. The van der Waals surface area contributed by atoms with Crippen LogP contribution in [0.2, 0.25) is 0 Å². The lowest BCUT2D eigenvalue weighted by Gasteiger charge is -2.12. The predicted molar refractivity (Wildman–Crippen MR) is 135 cm³/mol. The average molecular weight is 542 g/mol. The fourth-order valence-electron chi connectivity index (χ4n) is 4.34. The Balaban J connectivity index is 1.46. The first-order valence-electron chi connectivity index (χ1n) is 11.5. The fourth-order valence-corrected chi connectivity index (χ4v) is 5.89. The number of halogens is 3. The predicted octanol–water partition coefficient (Wildman–Crippen LogP) is 4.40. The van der Waals surface area contributed by atoms with Gasteiger partial charge < -0.3 is 11.1 Å². The number of aromatic nitrogens is 2.